The van der Waals surface area contributed by atoms with Crippen molar-refractivity contribution in [2.45, 2.75) is 58.3 Å². The van der Waals surface area contributed by atoms with E-state index in [4.69, 9.17) is 11.6 Å². The van der Waals surface area contributed by atoms with Crippen molar-refractivity contribution in [2.75, 3.05) is 6.54 Å². The molecule has 20 heavy (non-hydrogen) atoms. The number of aromatic nitrogens is 2. The van der Waals surface area contributed by atoms with Crippen LogP contribution in [0.4, 0.5) is 0 Å². The van der Waals surface area contributed by atoms with Crippen LogP contribution < -0.4 is 5.32 Å². The number of carbonyl (C=O) groups is 1. The molecule has 0 atom stereocenters. The Hall–Kier alpha value is -1.16. The Morgan fingerprint density at radius 1 is 1.05 bits per heavy atom. The molecule has 1 heterocycles. The first-order valence-electron chi connectivity index (χ1n) is 7.49. The van der Waals surface area contributed by atoms with Gasteiger partial charge in [0.2, 0.25) is 0 Å². The summed E-state index contributed by atoms with van der Waals surface area (Å²) in [6.45, 7) is 2.92. The van der Waals surface area contributed by atoms with Crippen molar-refractivity contribution in [1.29, 1.82) is 0 Å². The van der Waals surface area contributed by atoms with Crippen LogP contribution in [0.2, 0.25) is 5.15 Å². The maximum absolute atomic E-state index is 11.7. The van der Waals surface area contributed by atoms with Gasteiger partial charge in [0.15, 0.2) is 0 Å². The maximum Gasteiger partial charge on any atom is 0.271 e. The van der Waals surface area contributed by atoms with Gasteiger partial charge in [-0.2, -0.15) is 0 Å². The minimum atomic E-state index is -0.183. The molecule has 0 unspecified atom stereocenters. The van der Waals surface area contributed by atoms with E-state index in [1.54, 1.807) is 0 Å². The van der Waals surface area contributed by atoms with Crippen LogP contribution in [0.25, 0.3) is 0 Å². The van der Waals surface area contributed by atoms with Crippen LogP contribution >= 0.6 is 11.6 Å². The van der Waals surface area contributed by atoms with Crippen molar-refractivity contribution in [1.82, 2.24) is 15.3 Å². The van der Waals surface area contributed by atoms with Gasteiger partial charge in [0.25, 0.3) is 5.91 Å². The van der Waals surface area contributed by atoms with Gasteiger partial charge in [0.1, 0.15) is 10.8 Å². The van der Waals surface area contributed by atoms with Gasteiger partial charge >= 0.3 is 0 Å². The molecule has 1 amide bonds. The molecule has 0 spiro atoms. The Morgan fingerprint density at radius 2 is 1.70 bits per heavy atom. The van der Waals surface area contributed by atoms with Crippen molar-refractivity contribution < 1.29 is 4.79 Å². The van der Waals surface area contributed by atoms with Gasteiger partial charge in [-0.1, -0.05) is 63.5 Å². The van der Waals surface area contributed by atoms with Crippen LogP contribution in [-0.4, -0.2) is 22.4 Å². The van der Waals surface area contributed by atoms with E-state index in [0.29, 0.717) is 17.4 Å². The SMILES string of the molecule is CCCCCCCCCCNC(=O)c1cnc(Cl)cn1. The fourth-order valence-electron chi connectivity index (χ4n) is 1.98. The van der Waals surface area contributed by atoms with Gasteiger partial charge in [0, 0.05) is 6.54 Å². The average molecular weight is 298 g/mol. The molecule has 0 saturated carbocycles. The first-order valence-corrected chi connectivity index (χ1v) is 7.87. The van der Waals surface area contributed by atoms with Crippen molar-refractivity contribution >= 4 is 17.5 Å². The molecule has 0 aromatic carbocycles. The minimum absolute atomic E-state index is 0.183. The molecule has 0 saturated heterocycles. The molecule has 0 radical (unpaired) electrons. The summed E-state index contributed by atoms with van der Waals surface area (Å²) in [5.74, 6) is -0.183. The normalized spacial score (nSPS) is 10.5. The standard InChI is InChI=1S/C15H24ClN3O/c1-2-3-4-5-6-7-8-9-10-17-15(20)13-11-19-14(16)12-18-13/h11-12H,2-10H2,1H3,(H,17,20). The van der Waals surface area contributed by atoms with Gasteiger partial charge in [0.05, 0.1) is 12.4 Å². The fraction of sp³-hybridized carbons (Fsp3) is 0.667. The molecule has 5 heteroatoms. The number of unbranched alkanes of at least 4 members (excludes halogenated alkanes) is 7. The molecule has 0 aliphatic rings. The van der Waals surface area contributed by atoms with E-state index >= 15 is 0 Å². The van der Waals surface area contributed by atoms with Crippen molar-refractivity contribution in [3.05, 3.63) is 23.2 Å². The highest BCUT2D eigenvalue weighted by atomic mass is 35.5. The van der Waals surface area contributed by atoms with Gasteiger partial charge in [-0.15, -0.1) is 0 Å². The van der Waals surface area contributed by atoms with Crippen LogP contribution in [-0.2, 0) is 0 Å². The van der Waals surface area contributed by atoms with E-state index in [-0.39, 0.29) is 5.91 Å². The van der Waals surface area contributed by atoms with Crippen molar-refractivity contribution in [3.63, 3.8) is 0 Å². The smallest absolute Gasteiger partial charge is 0.271 e. The number of carbonyl (C=O) groups excluding carboxylic acids is 1. The average Bonchev–Trinajstić information content (AvgIpc) is 2.46. The summed E-state index contributed by atoms with van der Waals surface area (Å²) in [5.41, 5.74) is 0.314. The van der Waals surface area contributed by atoms with E-state index < -0.39 is 0 Å². The topological polar surface area (TPSA) is 54.9 Å². The fourth-order valence-corrected chi connectivity index (χ4v) is 2.08. The number of amides is 1. The van der Waals surface area contributed by atoms with Crippen LogP contribution in [0.15, 0.2) is 12.4 Å². The lowest BCUT2D eigenvalue weighted by Crippen LogP contribution is -2.25. The molecule has 0 aliphatic heterocycles. The first-order chi connectivity index (χ1) is 9.74. The zero-order chi connectivity index (χ0) is 14.6. The Balaban J connectivity index is 2.01. The summed E-state index contributed by atoms with van der Waals surface area (Å²) >= 11 is 5.62. The van der Waals surface area contributed by atoms with E-state index in [1.165, 1.54) is 57.3 Å². The van der Waals surface area contributed by atoms with Gasteiger partial charge in [-0.25, -0.2) is 9.97 Å². The molecule has 1 aromatic heterocycles. The van der Waals surface area contributed by atoms with Crippen LogP contribution in [0.5, 0.6) is 0 Å². The second-order valence-electron chi connectivity index (χ2n) is 4.96. The molecule has 4 nitrogen and oxygen atoms in total. The Kier molecular flexibility index (Phi) is 8.96. The Morgan fingerprint density at radius 3 is 2.30 bits per heavy atom. The lowest BCUT2D eigenvalue weighted by molar-refractivity contribution is 0.0947. The summed E-state index contributed by atoms with van der Waals surface area (Å²) in [6, 6.07) is 0. The highest BCUT2D eigenvalue weighted by Gasteiger charge is 2.06. The first kappa shape index (κ1) is 16.9. The van der Waals surface area contributed by atoms with Gasteiger partial charge < -0.3 is 5.32 Å². The second-order valence-corrected chi connectivity index (χ2v) is 5.34. The molecule has 0 fully saturated rings. The quantitative estimate of drug-likeness (QED) is 0.664. The minimum Gasteiger partial charge on any atom is -0.351 e. The van der Waals surface area contributed by atoms with Gasteiger partial charge in [-0.3, -0.25) is 4.79 Å². The van der Waals surface area contributed by atoms with Crippen molar-refractivity contribution in [3.8, 4) is 0 Å². The van der Waals surface area contributed by atoms with E-state index in [9.17, 15) is 4.79 Å². The molecule has 0 aliphatic carbocycles. The molecular weight excluding hydrogens is 274 g/mol. The van der Waals surface area contributed by atoms with Crippen LogP contribution in [0.1, 0.15) is 68.8 Å². The van der Waals surface area contributed by atoms with Crippen LogP contribution in [0, 0.1) is 0 Å². The summed E-state index contributed by atoms with van der Waals surface area (Å²) in [6.07, 6.45) is 12.8. The molecule has 1 aromatic rings. The highest BCUT2D eigenvalue weighted by Crippen LogP contribution is 2.08. The summed E-state index contributed by atoms with van der Waals surface area (Å²) in [5, 5.41) is 3.14. The zero-order valence-corrected chi connectivity index (χ0v) is 13.0. The number of nitrogens with zero attached hydrogens (tertiary/aromatic N) is 2. The third kappa shape index (κ3) is 7.43. The van der Waals surface area contributed by atoms with Crippen LogP contribution in [0.3, 0.4) is 0 Å². The lowest BCUT2D eigenvalue weighted by Gasteiger charge is -2.04. The molecular formula is C15H24ClN3O. The zero-order valence-electron chi connectivity index (χ0n) is 12.2. The van der Waals surface area contributed by atoms with Crippen molar-refractivity contribution in [2.24, 2.45) is 0 Å². The summed E-state index contributed by atoms with van der Waals surface area (Å²) in [4.78, 5) is 19.5. The molecule has 112 valence electrons. The lowest BCUT2D eigenvalue weighted by atomic mass is 10.1. The highest BCUT2D eigenvalue weighted by molar-refractivity contribution is 6.29. The van der Waals surface area contributed by atoms with E-state index in [0.717, 1.165) is 6.42 Å². The molecule has 1 rings (SSSR count). The third-order valence-corrected chi connectivity index (χ3v) is 3.36. The third-order valence-electron chi connectivity index (χ3n) is 3.17. The number of hydrogen-bond donors (Lipinski definition) is 1. The Bertz CT molecular complexity index is 381. The monoisotopic (exact) mass is 297 g/mol. The largest absolute Gasteiger partial charge is 0.351 e. The van der Waals surface area contributed by atoms with E-state index in [1.807, 2.05) is 0 Å². The van der Waals surface area contributed by atoms with E-state index in [2.05, 4.69) is 22.2 Å². The predicted molar refractivity (Wildman–Crippen MR) is 82.0 cm³/mol. The number of hydrogen-bond acceptors (Lipinski definition) is 3. The Labute approximate surface area is 126 Å². The number of halogens is 1. The number of rotatable bonds is 10. The second kappa shape index (κ2) is 10.6. The summed E-state index contributed by atoms with van der Waals surface area (Å²) < 4.78 is 0. The number of nitrogens with one attached hydrogen (secondary N) is 1. The maximum atomic E-state index is 11.7. The molecule has 1 N–H and O–H groups in total. The predicted octanol–water partition coefficient (Wildman–Crippen LogP) is 4.00. The molecule has 0 bridgehead atoms. The van der Waals surface area contributed by atoms with Gasteiger partial charge in [-0.05, 0) is 6.42 Å². The summed E-state index contributed by atoms with van der Waals surface area (Å²) in [7, 11) is 0.